The summed E-state index contributed by atoms with van der Waals surface area (Å²) in [4.78, 5) is 7.19. The van der Waals surface area contributed by atoms with E-state index in [1.165, 1.54) is 50.0 Å². The van der Waals surface area contributed by atoms with Crippen molar-refractivity contribution in [3.8, 4) is 0 Å². The van der Waals surface area contributed by atoms with Gasteiger partial charge in [0.25, 0.3) is 0 Å². The molecule has 1 aliphatic rings. The first-order chi connectivity index (χ1) is 9.81. The van der Waals surface area contributed by atoms with Crippen LogP contribution in [0.1, 0.15) is 50.8 Å². The molecule has 0 amide bonds. The van der Waals surface area contributed by atoms with Gasteiger partial charge in [-0.3, -0.25) is 9.88 Å². The summed E-state index contributed by atoms with van der Waals surface area (Å²) in [6.45, 7) is 9.92. The zero-order valence-corrected chi connectivity index (χ0v) is 13.1. The summed E-state index contributed by atoms with van der Waals surface area (Å²) >= 11 is 0. The van der Waals surface area contributed by atoms with E-state index in [9.17, 15) is 0 Å². The first-order valence-electron chi connectivity index (χ1n) is 8.18. The summed E-state index contributed by atoms with van der Waals surface area (Å²) in [5, 5.41) is 3.42. The second-order valence-electron chi connectivity index (χ2n) is 6.01. The van der Waals surface area contributed by atoms with Crippen LogP contribution >= 0.6 is 0 Å². The molecular formula is C17H29N3. The van der Waals surface area contributed by atoms with Gasteiger partial charge in [-0.15, -0.1) is 0 Å². The molecule has 20 heavy (non-hydrogen) atoms. The summed E-state index contributed by atoms with van der Waals surface area (Å²) in [6, 6.07) is 4.41. The first kappa shape index (κ1) is 15.5. The molecule has 1 heterocycles. The van der Waals surface area contributed by atoms with Gasteiger partial charge in [-0.2, -0.15) is 0 Å². The number of nitrogens with zero attached hydrogens (tertiary/aromatic N) is 2. The zero-order chi connectivity index (χ0) is 14.2. The first-order valence-corrected chi connectivity index (χ1v) is 8.18. The number of aromatic nitrogens is 1. The Balaban J connectivity index is 1.81. The van der Waals surface area contributed by atoms with Gasteiger partial charge in [0, 0.05) is 25.8 Å². The van der Waals surface area contributed by atoms with E-state index in [2.05, 4.69) is 41.2 Å². The molecule has 0 aliphatic heterocycles. The Hall–Kier alpha value is -0.930. The Morgan fingerprint density at radius 1 is 1.25 bits per heavy atom. The molecule has 1 N–H and O–H groups in total. The zero-order valence-electron chi connectivity index (χ0n) is 13.1. The van der Waals surface area contributed by atoms with E-state index < -0.39 is 0 Å². The summed E-state index contributed by atoms with van der Waals surface area (Å²) in [6.07, 6.45) is 7.29. The average Bonchev–Trinajstić information content (AvgIpc) is 3.25. The van der Waals surface area contributed by atoms with Crippen LogP contribution in [0.3, 0.4) is 0 Å². The van der Waals surface area contributed by atoms with Crippen LogP contribution in [-0.4, -0.2) is 29.5 Å². The molecule has 0 bridgehead atoms. The van der Waals surface area contributed by atoms with Crippen LogP contribution in [0, 0.1) is 5.92 Å². The molecule has 2 rings (SSSR count). The Bertz CT molecular complexity index is 370. The Labute approximate surface area is 123 Å². The summed E-state index contributed by atoms with van der Waals surface area (Å²) in [5.41, 5.74) is 2.49. The van der Waals surface area contributed by atoms with E-state index in [1.807, 2.05) is 6.20 Å². The van der Waals surface area contributed by atoms with Crippen LogP contribution in [0.25, 0.3) is 0 Å². The number of rotatable bonds is 10. The van der Waals surface area contributed by atoms with Crippen molar-refractivity contribution in [2.75, 3.05) is 19.6 Å². The molecule has 1 aromatic rings. The van der Waals surface area contributed by atoms with Crippen LogP contribution in [0.5, 0.6) is 0 Å². The number of pyridine rings is 1. The third-order valence-corrected chi connectivity index (χ3v) is 3.78. The standard InChI is InChI=1S/C17H29N3/c1-3-9-18-11-16-7-8-17(19-12-16)14-20(10-4-2)13-15-5-6-15/h7-8,12,15,18H,3-6,9-11,13-14H2,1-2H3. The van der Waals surface area contributed by atoms with Crippen molar-refractivity contribution in [1.82, 2.24) is 15.2 Å². The van der Waals surface area contributed by atoms with E-state index in [0.717, 1.165) is 25.6 Å². The van der Waals surface area contributed by atoms with E-state index in [-0.39, 0.29) is 0 Å². The van der Waals surface area contributed by atoms with Gasteiger partial charge < -0.3 is 5.32 Å². The second-order valence-corrected chi connectivity index (χ2v) is 6.01. The highest BCUT2D eigenvalue weighted by Crippen LogP contribution is 2.30. The van der Waals surface area contributed by atoms with E-state index in [4.69, 9.17) is 0 Å². The lowest BCUT2D eigenvalue weighted by Gasteiger charge is -2.21. The second kappa shape index (κ2) is 8.38. The Morgan fingerprint density at radius 3 is 2.70 bits per heavy atom. The normalized spacial score (nSPS) is 14.9. The highest BCUT2D eigenvalue weighted by atomic mass is 15.1. The molecule has 1 aliphatic carbocycles. The smallest absolute Gasteiger partial charge is 0.0544 e. The van der Waals surface area contributed by atoms with Crippen LogP contribution in [0.2, 0.25) is 0 Å². The Morgan fingerprint density at radius 2 is 2.10 bits per heavy atom. The molecule has 0 aromatic carbocycles. The maximum absolute atomic E-state index is 4.63. The molecule has 0 spiro atoms. The number of hydrogen-bond donors (Lipinski definition) is 1. The minimum Gasteiger partial charge on any atom is -0.313 e. The topological polar surface area (TPSA) is 28.2 Å². The van der Waals surface area contributed by atoms with Crippen molar-refractivity contribution >= 4 is 0 Å². The largest absolute Gasteiger partial charge is 0.313 e. The fourth-order valence-corrected chi connectivity index (χ4v) is 2.51. The van der Waals surface area contributed by atoms with Crippen LogP contribution in [-0.2, 0) is 13.1 Å². The number of hydrogen-bond acceptors (Lipinski definition) is 3. The predicted molar refractivity (Wildman–Crippen MR) is 84.5 cm³/mol. The highest BCUT2D eigenvalue weighted by Gasteiger charge is 2.24. The van der Waals surface area contributed by atoms with Crippen molar-refractivity contribution in [2.24, 2.45) is 5.92 Å². The molecule has 3 heteroatoms. The monoisotopic (exact) mass is 275 g/mol. The average molecular weight is 275 g/mol. The molecule has 0 atom stereocenters. The van der Waals surface area contributed by atoms with Crippen molar-refractivity contribution in [2.45, 2.75) is 52.6 Å². The molecule has 0 saturated heterocycles. The van der Waals surface area contributed by atoms with Gasteiger partial charge in [-0.1, -0.05) is 19.9 Å². The number of nitrogens with one attached hydrogen (secondary N) is 1. The third-order valence-electron chi connectivity index (χ3n) is 3.78. The quantitative estimate of drug-likeness (QED) is 0.665. The molecule has 1 fully saturated rings. The van der Waals surface area contributed by atoms with Crippen LogP contribution in [0.4, 0.5) is 0 Å². The van der Waals surface area contributed by atoms with Gasteiger partial charge >= 0.3 is 0 Å². The highest BCUT2D eigenvalue weighted by molar-refractivity contribution is 5.14. The van der Waals surface area contributed by atoms with Crippen LogP contribution < -0.4 is 5.32 Å². The van der Waals surface area contributed by atoms with Crippen molar-refractivity contribution in [3.05, 3.63) is 29.6 Å². The van der Waals surface area contributed by atoms with Gasteiger partial charge in [0.15, 0.2) is 0 Å². The lowest BCUT2D eigenvalue weighted by Crippen LogP contribution is -2.26. The molecule has 0 unspecified atom stereocenters. The minimum absolute atomic E-state index is 0.932. The van der Waals surface area contributed by atoms with Crippen molar-refractivity contribution in [1.29, 1.82) is 0 Å². The molecule has 1 aromatic heterocycles. The predicted octanol–water partition coefficient (Wildman–Crippen LogP) is 3.20. The van der Waals surface area contributed by atoms with Crippen molar-refractivity contribution < 1.29 is 0 Å². The van der Waals surface area contributed by atoms with Crippen LogP contribution in [0.15, 0.2) is 18.3 Å². The van der Waals surface area contributed by atoms with Crippen molar-refractivity contribution in [3.63, 3.8) is 0 Å². The van der Waals surface area contributed by atoms with Gasteiger partial charge in [-0.05, 0) is 56.3 Å². The lowest BCUT2D eigenvalue weighted by molar-refractivity contribution is 0.252. The molecule has 112 valence electrons. The summed E-state index contributed by atoms with van der Waals surface area (Å²) in [5.74, 6) is 0.957. The van der Waals surface area contributed by atoms with E-state index in [0.29, 0.717) is 0 Å². The molecule has 3 nitrogen and oxygen atoms in total. The fraction of sp³-hybridized carbons (Fsp3) is 0.706. The van der Waals surface area contributed by atoms with Gasteiger partial charge in [0.2, 0.25) is 0 Å². The fourth-order valence-electron chi connectivity index (χ4n) is 2.51. The molecule has 1 saturated carbocycles. The minimum atomic E-state index is 0.932. The third kappa shape index (κ3) is 5.59. The Kier molecular flexibility index (Phi) is 6.48. The maximum Gasteiger partial charge on any atom is 0.0544 e. The van der Waals surface area contributed by atoms with Gasteiger partial charge in [-0.25, -0.2) is 0 Å². The molecular weight excluding hydrogens is 246 g/mol. The van der Waals surface area contributed by atoms with E-state index in [1.54, 1.807) is 0 Å². The van der Waals surface area contributed by atoms with Gasteiger partial charge in [0.1, 0.15) is 0 Å². The van der Waals surface area contributed by atoms with E-state index >= 15 is 0 Å². The summed E-state index contributed by atoms with van der Waals surface area (Å²) in [7, 11) is 0. The SMILES string of the molecule is CCCNCc1ccc(CN(CCC)CC2CC2)nc1. The lowest BCUT2D eigenvalue weighted by atomic mass is 10.2. The molecule has 0 radical (unpaired) electrons. The van der Waals surface area contributed by atoms with Gasteiger partial charge in [0.05, 0.1) is 5.69 Å². The summed E-state index contributed by atoms with van der Waals surface area (Å²) < 4.78 is 0. The maximum atomic E-state index is 4.63.